The van der Waals surface area contributed by atoms with Crippen molar-refractivity contribution in [2.24, 2.45) is 11.3 Å². The monoisotopic (exact) mass is 358 g/mol. The number of nitrogens with one attached hydrogen (secondary N) is 1. The summed E-state index contributed by atoms with van der Waals surface area (Å²) in [6, 6.07) is -0.333. The molecular weight excluding hydrogens is 332 g/mol. The molecule has 3 aliphatic rings. The topological polar surface area (TPSA) is 104 Å². The highest BCUT2D eigenvalue weighted by Gasteiger charge is 2.56. The smallest absolute Gasteiger partial charge is 0.317 e. The quantitative estimate of drug-likeness (QED) is 0.787. The van der Waals surface area contributed by atoms with Gasteiger partial charge in [-0.15, -0.1) is 0 Å². The van der Waals surface area contributed by atoms with Crippen LogP contribution in [0, 0.1) is 11.3 Å². The molecule has 0 aromatic heterocycles. The van der Waals surface area contributed by atoms with Gasteiger partial charge in [0, 0.05) is 25.9 Å². The van der Waals surface area contributed by atoms with Crippen molar-refractivity contribution in [1.82, 2.24) is 10.2 Å². The number of nitrogens with zero attached hydrogens (tertiary/aromatic N) is 1. The Hall–Kier alpha value is -1.31. The van der Waals surface area contributed by atoms with Gasteiger partial charge in [-0.1, -0.05) is 19.3 Å². The van der Waals surface area contributed by atoms with Gasteiger partial charge in [0.15, 0.2) is 9.84 Å². The maximum Gasteiger partial charge on any atom is 0.317 e. The van der Waals surface area contributed by atoms with Crippen LogP contribution in [0.4, 0.5) is 4.79 Å². The number of carbonyl (C=O) groups is 2. The Morgan fingerprint density at radius 2 is 1.88 bits per heavy atom. The van der Waals surface area contributed by atoms with Crippen LogP contribution in [0.1, 0.15) is 44.9 Å². The minimum Gasteiger partial charge on any atom is -0.481 e. The van der Waals surface area contributed by atoms with Crippen LogP contribution in [0.2, 0.25) is 0 Å². The molecule has 0 bridgehead atoms. The third-order valence-electron chi connectivity index (χ3n) is 6.45. The minimum absolute atomic E-state index is 0.0103. The Kier molecular flexibility index (Phi) is 4.30. The van der Waals surface area contributed by atoms with Crippen molar-refractivity contribution >= 4 is 21.8 Å². The second-order valence-electron chi connectivity index (χ2n) is 7.75. The van der Waals surface area contributed by atoms with E-state index in [1.165, 1.54) is 6.26 Å². The van der Waals surface area contributed by atoms with Gasteiger partial charge in [0.1, 0.15) is 0 Å². The van der Waals surface area contributed by atoms with Gasteiger partial charge in [-0.25, -0.2) is 13.2 Å². The van der Waals surface area contributed by atoms with Gasteiger partial charge in [0.25, 0.3) is 0 Å². The fraction of sp³-hybridized carbons (Fsp3) is 0.875. The number of carboxylic acid groups (broad SMARTS) is 1. The molecule has 24 heavy (non-hydrogen) atoms. The molecule has 3 fully saturated rings. The Morgan fingerprint density at radius 1 is 1.21 bits per heavy atom. The third kappa shape index (κ3) is 2.68. The highest BCUT2D eigenvalue weighted by molar-refractivity contribution is 7.92. The van der Waals surface area contributed by atoms with Gasteiger partial charge < -0.3 is 15.3 Å². The summed E-state index contributed by atoms with van der Waals surface area (Å²) in [7, 11) is -3.25. The lowest BCUT2D eigenvalue weighted by Gasteiger charge is -2.29. The molecule has 0 unspecified atom stereocenters. The van der Waals surface area contributed by atoms with Crippen LogP contribution in [0.15, 0.2) is 0 Å². The predicted octanol–water partition coefficient (Wildman–Crippen LogP) is 1.24. The van der Waals surface area contributed by atoms with E-state index in [2.05, 4.69) is 5.32 Å². The number of fused-ring (bicyclic) bond motifs is 1. The van der Waals surface area contributed by atoms with Crippen molar-refractivity contribution < 1.29 is 23.1 Å². The maximum atomic E-state index is 12.5. The van der Waals surface area contributed by atoms with Crippen LogP contribution in [0.5, 0.6) is 0 Å². The highest BCUT2D eigenvalue weighted by atomic mass is 32.2. The fourth-order valence-electron chi connectivity index (χ4n) is 4.84. The van der Waals surface area contributed by atoms with Crippen molar-refractivity contribution in [2.75, 3.05) is 25.9 Å². The molecule has 0 radical (unpaired) electrons. The summed E-state index contributed by atoms with van der Waals surface area (Å²) in [4.78, 5) is 25.7. The fourth-order valence-corrected chi connectivity index (χ4v) is 6.20. The molecule has 136 valence electrons. The number of hydrogen-bond acceptors (Lipinski definition) is 4. The van der Waals surface area contributed by atoms with Gasteiger partial charge in [-0.05, 0) is 31.6 Å². The molecule has 0 spiro atoms. The van der Waals surface area contributed by atoms with Crippen molar-refractivity contribution in [2.45, 2.75) is 49.7 Å². The lowest BCUT2D eigenvalue weighted by atomic mass is 9.81. The minimum atomic E-state index is -3.25. The van der Waals surface area contributed by atoms with Crippen LogP contribution < -0.4 is 5.32 Å². The lowest BCUT2D eigenvalue weighted by molar-refractivity contribution is -0.149. The van der Waals surface area contributed by atoms with E-state index in [0.717, 1.165) is 25.7 Å². The Balaban J connectivity index is 1.65. The molecule has 0 aromatic carbocycles. The zero-order valence-electron chi connectivity index (χ0n) is 14.1. The summed E-state index contributed by atoms with van der Waals surface area (Å²) in [6.45, 7) is 0.792. The molecule has 2 saturated carbocycles. The van der Waals surface area contributed by atoms with Gasteiger partial charge in [0.2, 0.25) is 0 Å². The number of carboxylic acids is 1. The predicted molar refractivity (Wildman–Crippen MR) is 88.4 cm³/mol. The number of likely N-dealkylation sites (tertiary alicyclic amines) is 1. The first-order chi connectivity index (χ1) is 11.2. The second kappa shape index (κ2) is 5.89. The normalized spacial score (nSPS) is 31.9. The van der Waals surface area contributed by atoms with E-state index in [1.54, 1.807) is 4.90 Å². The van der Waals surface area contributed by atoms with Crippen molar-refractivity contribution in [1.29, 1.82) is 0 Å². The van der Waals surface area contributed by atoms with E-state index in [9.17, 15) is 23.1 Å². The molecule has 2 amide bonds. The van der Waals surface area contributed by atoms with E-state index >= 15 is 0 Å². The van der Waals surface area contributed by atoms with Crippen molar-refractivity contribution in [3.63, 3.8) is 0 Å². The molecule has 1 saturated heterocycles. The highest BCUT2D eigenvalue weighted by Crippen LogP contribution is 2.48. The van der Waals surface area contributed by atoms with E-state index in [0.29, 0.717) is 25.8 Å². The molecule has 1 aliphatic heterocycles. The van der Waals surface area contributed by atoms with E-state index in [4.69, 9.17) is 0 Å². The summed E-state index contributed by atoms with van der Waals surface area (Å²) in [5, 5.41) is 12.4. The van der Waals surface area contributed by atoms with Gasteiger partial charge >= 0.3 is 12.0 Å². The van der Waals surface area contributed by atoms with Crippen molar-refractivity contribution in [3.8, 4) is 0 Å². The molecule has 2 atom stereocenters. The first-order valence-electron chi connectivity index (χ1n) is 8.66. The van der Waals surface area contributed by atoms with Crippen LogP contribution in [-0.4, -0.2) is 61.1 Å². The summed E-state index contributed by atoms with van der Waals surface area (Å²) in [5.74, 6) is -0.806. The van der Waals surface area contributed by atoms with Crippen molar-refractivity contribution in [3.05, 3.63) is 0 Å². The number of carbonyl (C=O) groups excluding carboxylic acids is 1. The first-order valence-corrected chi connectivity index (χ1v) is 10.6. The SMILES string of the molecule is CS(=O)(=O)C1(CNC(=O)N2C[C@@H]3CCC[C@@]3(C(=O)O)C2)CCCC1. The van der Waals surface area contributed by atoms with E-state index in [-0.39, 0.29) is 25.0 Å². The molecule has 7 nitrogen and oxygen atoms in total. The number of aliphatic carboxylic acids is 1. The van der Waals surface area contributed by atoms with E-state index in [1.807, 2.05) is 0 Å². The zero-order chi connectivity index (χ0) is 17.6. The van der Waals surface area contributed by atoms with Gasteiger partial charge in [-0.3, -0.25) is 4.79 Å². The number of urea groups is 1. The number of rotatable bonds is 4. The average molecular weight is 358 g/mol. The molecule has 0 aromatic rings. The van der Waals surface area contributed by atoms with Crippen LogP contribution in [-0.2, 0) is 14.6 Å². The molecular formula is C16H26N2O5S. The molecule has 2 N–H and O–H groups in total. The third-order valence-corrected chi connectivity index (χ3v) is 8.57. The zero-order valence-corrected chi connectivity index (χ0v) is 14.9. The number of hydrogen-bond donors (Lipinski definition) is 2. The number of sulfone groups is 1. The summed E-state index contributed by atoms with van der Waals surface area (Å²) in [5.41, 5.74) is -0.806. The Morgan fingerprint density at radius 3 is 2.42 bits per heavy atom. The first kappa shape index (κ1) is 17.5. The van der Waals surface area contributed by atoms with Gasteiger partial charge in [-0.2, -0.15) is 0 Å². The lowest BCUT2D eigenvalue weighted by Crippen LogP contribution is -2.50. The Bertz CT molecular complexity index is 641. The van der Waals surface area contributed by atoms with Crippen LogP contribution in [0.3, 0.4) is 0 Å². The largest absolute Gasteiger partial charge is 0.481 e. The van der Waals surface area contributed by atoms with Crippen LogP contribution in [0.25, 0.3) is 0 Å². The number of amides is 2. The molecule has 3 rings (SSSR count). The molecule has 2 aliphatic carbocycles. The summed E-state index contributed by atoms with van der Waals surface area (Å²) < 4.78 is 23.4. The Labute approximate surface area is 142 Å². The average Bonchev–Trinajstić information content (AvgIpc) is 3.17. The standard InChI is InChI=1S/C16H26N2O5S/c1-24(22,23)15(6-2-3-7-15)10-17-14(21)18-9-12-5-4-8-16(12,11-18)13(19)20/h12H,2-11H2,1H3,(H,17,21)(H,19,20)/t12-,16+/m0/s1. The molecule has 1 heterocycles. The van der Waals surface area contributed by atoms with Crippen LogP contribution >= 0.6 is 0 Å². The summed E-state index contributed by atoms with van der Waals surface area (Å²) >= 11 is 0. The summed E-state index contributed by atoms with van der Waals surface area (Å²) in [6.07, 6.45) is 6.45. The van der Waals surface area contributed by atoms with E-state index < -0.39 is 26.0 Å². The molecule has 8 heteroatoms. The maximum absolute atomic E-state index is 12.5. The second-order valence-corrected chi connectivity index (χ2v) is 10.2. The van der Waals surface area contributed by atoms with Gasteiger partial charge in [0.05, 0.1) is 10.2 Å².